The van der Waals surface area contributed by atoms with Crippen LogP contribution in [0.4, 0.5) is 0 Å². The van der Waals surface area contributed by atoms with E-state index >= 15 is 0 Å². The van der Waals surface area contributed by atoms with E-state index in [0.717, 1.165) is 10.6 Å². The molecule has 2 rings (SSSR count). The summed E-state index contributed by atoms with van der Waals surface area (Å²) in [5.74, 6) is 0.780. The van der Waals surface area contributed by atoms with Gasteiger partial charge >= 0.3 is 0 Å². The van der Waals surface area contributed by atoms with E-state index in [1.807, 2.05) is 17.5 Å². The molecule has 0 radical (unpaired) electrons. The third-order valence-corrected chi connectivity index (χ3v) is 3.27. The molecule has 4 heteroatoms. The van der Waals surface area contributed by atoms with Gasteiger partial charge in [0.25, 0.3) is 0 Å². The lowest BCUT2D eigenvalue weighted by Crippen LogP contribution is -1.97. The number of aliphatic hydroxyl groups is 1. The minimum Gasteiger partial charge on any atom is -0.469 e. The fourth-order valence-corrected chi connectivity index (χ4v) is 2.29. The molecular weight excluding hydrogens is 220 g/mol. The molecule has 0 fully saturated rings. The molecule has 1 N–H and O–H groups in total. The van der Waals surface area contributed by atoms with Crippen LogP contribution in [0, 0.1) is 0 Å². The minimum absolute atomic E-state index is 0.490. The quantitative estimate of drug-likeness (QED) is 0.875. The topological polar surface area (TPSA) is 33.4 Å². The second-order valence-electron chi connectivity index (χ2n) is 2.97. The largest absolute Gasteiger partial charge is 0.469 e. The van der Waals surface area contributed by atoms with E-state index in [1.54, 1.807) is 12.3 Å². The van der Waals surface area contributed by atoms with Crippen LogP contribution in [0.25, 0.3) is 0 Å². The van der Waals surface area contributed by atoms with Gasteiger partial charge in [-0.15, -0.1) is 11.3 Å². The van der Waals surface area contributed by atoms with Crippen LogP contribution in [0.3, 0.4) is 0 Å². The Bertz CT molecular complexity index is 394. The van der Waals surface area contributed by atoms with Gasteiger partial charge in [0.1, 0.15) is 5.76 Å². The first-order valence-corrected chi connectivity index (χ1v) is 5.46. The maximum atomic E-state index is 9.80. The third-order valence-electron chi connectivity index (χ3n) is 1.89. The van der Waals surface area contributed by atoms with E-state index in [9.17, 15) is 5.11 Å². The molecule has 0 spiro atoms. The minimum atomic E-state index is -0.529. The molecule has 2 nitrogen and oxygen atoms in total. The Hall–Kier alpha value is -0.770. The van der Waals surface area contributed by atoms with E-state index in [2.05, 4.69) is 0 Å². The molecule has 0 amide bonds. The molecule has 1 unspecified atom stereocenters. The lowest BCUT2D eigenvalue weighted by molar-refractivity contribution is 0.174. The Morgan fingerprint density at radius 3 is 3.00 bits per heavy atom. The highest BCUT2D eigenvalue weighted by Crippen LogP contribution is 2.27. The van der Waals surface area contributed by atoms with Crippen molar-refractivity contribution in [3.05, 3.63) is 45.5 Å². The maximum absolute atomic E-state index is 9.80. The number of thiophene rings is 1. The monoisotopic (exact) mass is 228 g/mol. The summed E-state index contributed by atoms with van der Waals surface area (Å²) >= 11 is 7.22. The molecule has 0 aliphatic carbocycles. The smallest absolute Gasteiger partial charge is 0.106 e. The van der Waals surface area contributed by atoms with Crippen LogP contribution in [0.5, 0.6) is 0 Å². The van der Waals surface area contributed by atoms with Crippen molar-refractivity contribution < 1.29 is 9.52 Å². The molecule has 14 heavy (non-hydrogen) atoms. The molecule has 0 aliphatic heterocycles. The fourth-order valence-electron chi connectivity index (χ4n) is 1.22. The second-order valence-corrected chi connectivity index (χ2v) is 4.35. The lowest BCUT2D eigenvalue weighted by Gasteiger charge is -2.04. The SMILES string of the molecule is OC(Cc1ccco1)c1cc(Cl)cs1. The summed E-state index contributed by atoms with van der Waals surface area (Å²) in [6.07, 6.45) is 1.56. The first kappa shape index (κ1) is 9.77. The zero-order chi connectivity index (χ0) is 9.97. The molecule has 2 heterocycles. The summed E-state index contributed by atoms with van der Waals surface area (Å²) in [6.45, 7) is 0. The van der Waals surface area contributed by atoms with Crippen molar-refractivity contribution in [2.24, 2.45) is 0 Å². The summed E-state index contributed by atoms with van der Waals surface area (Å²) in [7, 11) is 0. The third kappa shape index (κ3) is 2.18. The predicted octanol–water partition coefficient (Wildman–Crippen LogP) is 3.27. The lowest BCUT2D eigenvalue weighted by atomic mass is 10.2. The molecule has 2 aromatic rings. The maximum Gasteiger partial charge on any atom is 0.106 e. The van der Waals surface area contributed by atoms with Gasteiger partial charge in [-0.25, -0.2) is 0 Å². The van der Waals surface area contributed by atoms with Crippen molar-refractivity contribution >= 4 is 22.9 Å². The van der Waals surface area contributed by atoms with Crippen LogP contribution in [0.1, 0.15) is 16.7 Å². The Kier molecular flexibility index (Phi) is 2.91. The van der Waals surface area contributed by atoms with Crippen molar-refractivity contribution in [1.82, 2.24) is 0 Å². The van der Waals surface area contributed by atoms with E-state index in [0.29, 0.717) is 11.4 Å². The second kappa shape index (κ2) is 4.17. The van der Waals surface area contributed by atoms with Crippen LogP contribution in [-0.4, -0.2) is 5.11 Å². The zero-order valence-electron chi connectivity index (χ0n) is 7.31. The molecule has 0 saturated carbocycles. The van der Waals surface area contributed by atoms with Gasteiger partial charge in [-0.1, -0.05) is 11.6 Å². The van der Waals surface area contributed by atoms with Gasteiger partial charge < -0.3 is 9.52 Å². The number of furan rings is 1. The van der Waals surface area contributed by atoms with Crippen LogP contribution in [0.15, 0.2) is 34.3 Å². The molecule has 1 atom stereocenters. The van der Waals surface area contributed by atoms with Gasteiger partial charge in [-0.05, 0) is 18.2 Å². The Labute approximate surface area is 90.8 Å². The van der Waals surface area contributed by atoms with Crippen LogP contribution in [-0.2, 0) is 6.42 Å². The number of hydrogen-bond acceptors (Lipinski definition) is 3. The average Bonchev–Trinajstić information content (AvgIpc) is 2.75. The molecule has 0 saturated heterocycles. The summed E-state index contributed by atoms with van der Waals surface area (Å²) in [5, 5.41) is 12.3. The summed E-state index contributed by atoms with van der Waals surface area (Å²) in [5.41, 5.74) is 0. The van der Waals surface area contributed by atoms with Crippen LogP contribution in [0.2, 0.25) is 5.02 Å². The van der Waals surface area contributed by atoms with E-state index < -0.39 is 6.10 Å². The van der Waals surface area contributed by atoms with E-state index in [4.69, 9.17) is 16.0 Å². The van der Waals surface area contributed by atoms with Crippen molar-refractivity contribution in [1.29, 1.82) is 0 Å². The summed E-state index contributed by atoms with van der Waals surface area (Å²) in [6, 6.07) is 5.43. The molecular formula is C10H9ClO2S. The Morgan fingerprint density at radius 2 is 2.43 bits per heavy atom. The van der Waals surface area contributed by atoms with Gasteiger partial charge in [-0.3, -0.25) is 0 Å². The van der Waals surface area contributed by atoms with E-state index in [1.165, 1.54) is 11.3 Å². The van der Waals surface area contributed by atoms with Crippen LogP contribution < -0.4 is 0 Å². The van der Waals surface area contributed by atoms with Crippen molar-refractivity contribution in [3.8, 4) is 0 Å². The first-order valence-electron chi connectivity index (χ1n) is 4.20. The highest BCUT2D eigenvalue weighted by Gasteiger charge is 2.12. The first-order chi connectivity index (χ1) is 6.75. The number of aliphatic hydroxyl groups excluding tert-OH is 1. The molecule has 2 aromatic heterocycles. The van der Waals surface area contributed by atoms with Crippen molar-refractivity contribution in [3.63, 3.8) is 0 Å². The van der Waals surface area contributed by atoms with Crippen molar-refractivity contribution in [2.45, 2.75) is 12.5 Å². The van der Waals surface area contributed by atoms with Crippen LogP contribution >= 0.6 is 22.9 Å². The predicted molar refractivity (Wildman–Crippen MR) is 56.7 cm³/mol. The fraction of sp³-hybridized carbons (Fsp3) is 0.200. The number of hydrogen-bond donors (Lipinski definition) is 1. The summed E-state index contributed by atoms with van der Waals surface area (Å²) in [4.78, 5) is 0.867. The Morgan fingerprint density at radius 1 is 1.57 bits per heavy atom. The summed E-state index contributed by atoms with van der Waals surface area (Å²) < 4.78 is 5.14. The van der Waals surface area contributed by atoms with Gasteiger partial charge in [-0.2, -0.15) is 0 Å². The zero-order valence-corrected chi connectivity index (χ0v) is 8.89. The molecule has 74 valence electrons. The highest BCUT2D eigenvalue weighted by molar-refractivity contribution is 7.10. The molecule has 0 aromatic carbocycles. The number of halogens is 1. The average molecular weight is 229 g/mol. The van der Waals surface area contributed by atoms with Crippen molar-refractivity contribution in [2.75, 3.05) is 0 Å². The van der Waals surface area contributed by atoms with E-state index in [-0.39, 0.29) is 0 Å². The molecule has 0 aliphatic rings. The number of rotatable bonds is 3. The normalized spacial score (nSPS) is 13.0. The molecule has 0 bridgehead atoms. The van der Waals surface area contributed by atoms with Gasteiger partial charge in [0, 0.05) is 16.7 Å². The van der Waals surface area contributed by atoms with Gasteiger partial charge in [0.15, 0.2) is 0 Å². The Balaban J connectivity index is 2.06. The standard InChI is InChI=1S/C10H9ClO2S/c11-7-4-10(14-6-7)9(12)5-8-2-1-3-13-8/h1-4,6,9,12H,5H2. The van der Waals surface area contributed by atoms with Gasteiger partial charge in [0.2, 0.25) is 0 Å². The van der Waals surface area contributed by atoms with Gasteiger partial charge in [0.05, 0.1) is 17.4 Å². The highest BCUT2D eigenvalue weighted by atomic mass is 35.5.